The molecule has 3 aromatic heterocycles. The standard InChI is InChI=1S/C22H24N8/c1-3-17-21-27-26-14(2)29(21)19-12-23-22(25-20(19)30(17)15-8-4-5-9-15)28-13-24-16-10-6-7-11-18(16)28/h6-7,10-13,15,17H,3-5,8-9H2,1-2H3/t17-/m1/s1. The fourth-order valence-electron chi connectivity index (χ4n) is 5.09. The van der Waals surface area contributed by atoms with Crippen molar-refractivity contribution < 1.29 is 0 Å². The Morgan fingerprint density at radius 2 is 1.90 bits per heavy atom. The van der Waals surface area contributed by atoms with E-state index in [-0.39, 0.29) is 6.04 Å². The van der Waals surface area contributed by atoms with Crippen molar-refractivity contribution in [2.24, 2.45) is 0 Å². The lowest BCUT2D eigenvalue weighted by Crippen LogP contribution is -2.42. The van der Waals surface area contributed by atoms with E-state index in [1.807, 2.05) is 42.2 Å². The van der Waals surface area contributed by atoms with E-state index in [1.54, 1.807) is 0 Å². The molecule has 0 unspecified atom stereocenters. The summed E-state index contributed by atoms with van der Waals surface area (Å²) in [5, 5.41) is 8.93. The predicted molar refractivity (Wildman–Crippen MR) is 114 cm³/mol. The molecule has 0 N–H and O–H groups in total. The van der Waals surface area contributed by atoms with Gasteiger partial charge in [0, 0.05) is 6.04 Å². The Balaban J connectivity index is 1.57. The molecular weight excluding hydrogens is 376 g/mol. The third-order valence-corrected chi connectivity index (χ3v) is 6.48. The van der Waals surface area contributed by atoms with Crippen LogP contribution in [0.4, 0.5) is 5.82 Å². The Labute approximate surface area is 174 Å². The van der Waals surface area contributed by atoms with E-state index in [0.717, 1.165) is 40.6 Å². The minimum absolute atomic E-state index is 0.170. The van der Waals surface area contributed by atoms with Gasteiger partial charge in [0.15, 0.2) is 11.6 Å². The Kier molecular flexibility index (Phi) is 3.87. The zero-order valence-corrected chi connectivity index (χ0v) is 17.2. The van der Waals surface area contributed by atoms with Gasteiger partial charge >= 0.3 is 0 Å². The second-order valence-electron chi connectivity index (χ2n) is 8.19. The van der Waals surface area contributed by atoms with Crippen molar-refractivity contribution in [2.75, 3.05) is 4.90 Å². The van der Waals surface area contributed by atoms with Crippen molar-refractivity contribution in [1.82, 2.24) is 34.3 Å². The van der Waals surface area contributed by atoms with Crippen LogP contribution in [0, 0.1) is 6.92 Å². The fraction of sp³-hybridized carbons (Fsp3) is 0.409. The molecule has 152 valence electrons. The number of anilines is 1. The molecule has 0 bridgehead atoms. The lowest BCUT2D eigenvalue weighted by molar-refractivity contribution is 0.467. The largest absolute Gasteiger partial charge is 0.341 e. The van der Waals surface area contributed by atoms with Gasteiger partial charge in [-0.15, -0.1) is 10.2 Å². The van der Waals surface area contributed by atoms with Crippen LogP contribution in [-0.4, -0.2) is 40.3 Å². The predicted octanol–water partition coefficient (Wildman–Crippen LogP) is 3.92. The van der Waals surface area contributed by atoms with Crippen LogP contribution in [0.1, 0.15) is 56.7 Å². The molecule has 2 aliphatic rings. The van der Waals surface area contributed by atoms with Crippen molar-refractivity contribution >= 4 is 16.9 Å². The third-order valence-electron chi connectivity index (χ3n) is 6.48. The summed E-state index contributed by atoms with van der Waals surface area (Å²) in [5.74, 6) is 3.50. The Hall–Kier alpha value is -3.29. The van der Waals surface area contributed by atoms with Gasteiger partial charge in [0.2, 0.25) is 5.95 Å². The number of para-hydroxylation sites is 2. The average molecular weight is 400 g/mol. The van der Waals surface area contributed by atoms with E-state index in [0.29, 0.717) is 12.0 Å². The second-order valence-corrected chi connectivity index (χ2v) is 8.19. The number of aryl methyl sites for hydroxylation is 1. The summed E-state index contributed by atoms with van der Waals surface area (Å²) in [6.07, 6.45) is 9.60. The summed E-state index contributed by atoms with van der Waals surface area (Å²) in [7, 11) is 0. The first-order valence-corrected chi connectivity index (χ1v) is 10.8. The van der Waals surface area contributed by atoms with Crippen LogP contribution in [0.5, 0.6) is 0 Å². The molecule has 1 aliphatic carbocycles. The minimum atomic E-state index is 0.170. The smallest absolute Gasteiger partial charge is 0.237 e. The molecule has 1 aliphatic heterocycles. The second kappa shape index (κ2) is 6.62. The number of aromatic nitrogens is 7. The first-order chi connectivity index (χ1) is 14.8. The SMILES string of the molecule is CC[C@@H]1c2nnc(C)n2-c2cnc(-n3cnc4ccccc43)nc2N1C1CCCC1. The maximum atomic E-state index is 5.11. The van der Waals surface area contributed by atoms with Crippen molar-refractivity contribution in [1.29, 1.82) is 0 Å². The first kappa shape index (κ1) is 17.6. The van der Waals surface area contributed by atoms with Crippen LogP contribution < -0.4 is 4.90 Å². The molecule has 8 heteroatoms. The van der Waals surface area contributed by atoms with E-state index in [4.69, 9.17) is 9.97 Å². The molecule has 1 fully saturated rings. The summed E-state index contributed by atoms with van der Waals surface area (Å²) in [4.78, 5) is 16.9. The first-order valence-electron chi connectivity index (χ1n) is 10.8. The summed E-state index contributed by atoms with van der Waals surface area (Å²) in [5.41, 5.74) is 2.92. The number of hydrogen-bond donors (Lipinski definition) is 0. The number of nitrogens with zero attached hydrogens (tertiary/aromatic N) is 8. The van der Waals surface area contributed by atoms with Gasteiger partial charge in [-0.05, 0) is 38.3 Å². The molecule has 0 radical (unpaired) electrons. The van der Waals surface area contributed by atoms with Gasteiger partial charge in [-0.3, -0.25) is 9.13 Å². The summed E-state index contributed by atoms with van der Waals surface area (Å²) in [6.45, 7) is 4.22. The number of rotatable bonds is 3. The Morgan fingerprint density at radius 1 is 1.07 bits per heavy atom. The number of fused-ring (bicyclic) bond motifs is 4. The molecule has 8 nitrogen and oxygen atoms in total. The molecule has 4 heterocycles. The van der Waals surface area contributed by atoms with Crippen molar-refractivity contribution in [3.05, 3.63) is 48.4 Å². The highest BCUT2D eigenvalue weighted by Crippen LogP contribution is 2.43. The molecule has 6 rings (SSSR count). The molecule has 30 heavy (non-hydrogen) atoms. The molecule has 1 saturated carbocycles. The molecular formula is C22H24N8. The average Bonchev–Trinajstić information content (AvgIpc) is 3.52. The van der Waals surface area contributed by atoms with Gasteiger partial charge in [-0.1, -0.05) is 31.9 Å². The normalized spacial score (nSPS) is 18.7. The van der Waals surface area contributed by atoms with E-state index >= 15 is 0 Å². The van der Waals surface area contributed by atoms with Gasteiger partial charge in [-0.2, -0.15) is 4.98 Å². The number of benzene rings is 1. The van der Waals surface area contributed by atoms with Crippen LogP contribution in [0.15, 0.2) is 36.8 Å². The number of hydrogen-bond acceptors (Lipinski definition) is 6. The van der Waals surface area contributed by atoms with Gasteiger partial charge < -0.3 is 4.90 Å². The zero-order valence-electron chi connectivity index (χ0n) is 17.2. The van der Waals surface area contributed by atoms with E-state index in [1.165, 1.54) is 25.7 Å². The number of imidazole rings is 1. The monoisotopic (exact) mass is 400 g/mol. The molecule has 0 amide bonds. The lowest BCUT2D eigenvalue weighted by atomic mass is 10.0. The minimum Gasteiger partial charge on any atom is -0.341 e. The molecule has 1 aromatic carbocycles. The highest BCUT2D eigenvalue weighted by Gasteiger charge is 2.39. The molecule has 0 saturated heterocycles. The topological polar surface area (TPSA) is 77.5 Å². The maximum Gasteiger partial charge on any atom is 0.237 e. The van der Waals surface area contributed by atoms with Crippen LogP contribution in [-0.2, 0) is 0 Å². The van der Waals surface area contributed by atoms with Crippen LogP contribution in [0.2, 0.25) is 0 Å². The molecule has 4 aromatic rings. The highest BCUT2D eigenvalue weighted by atomic mass is 15.4. The van der Waals surface area contributed by atoms with Gasteiger partial charge in [0.25, 0.3) is 0 Å². The quantitative estimate of drug-likeness (QED) is 0.519. The Morgan fingerprint density at radius 3 is 2.73 bits per heavy atom. The molecule has 0 spiro atoms. The van der Waals surface area contributed by atoms with Crippen LogP contribution in [0.3, 0.4) is 0 Å². The van der Waals surface area contributed by atoms with Crippen LogP contribution in [0.25, 0.3) is 22.7 Å². The fourth-order valence-corrected chi connectivity index (χ4v) is 5.09. The van der Waals surface area contributed by atoms with Crippen molar-refractivity contribution in [3.63, 3.8) is 0 Å². The summed E-state index contributed by atoms with van der Waals surface area (Å²) >= 11 is 0. The highest BCUT2D eigenvalue weighted by molar-refractivity contribution is 5.76. The van der Waals surface area contributed by atoms with Gasteiger partial charge in [0.1, 0.15) is 17.8 Å². The third kappa shape index (κ3) is 2.42. The summed E-state index contributed by atoms with van der Waals surface area (Å²) in [6, 6.07) is 8.72. The Bertz CT molecular complexity index is 1230. The van der Waals surface area contributed by atoms with Gasteiger partial charge in [0.05, 0.1) is 23.3 Å². The van der Waals surface area contributed by atoms with E-state index in [9.17, 15) is 0 Å². The van der Waals surface area contributed by atoms with E-state index < -0.39 is 0 Å². The van der Waals surface area contributed by atoms with E-state index in [2.05, 4.69) is 37.6 Å². The van der Waals surface area contributed by atoms with Crippen molar-refractivity contribution in [2.45, 2.75) is 58.0 Å². The maximum absolute atomic E-state index is 5.11. The van der Waals surface area contributed by atoms with Crippen molar-refractivity contribution in [3.8, 4) is 11.6 Å². The summed E-state index contributed by atoms with van der Waals surface area (Å²) < 4.78 is 4.10. The molecule has 1 atom stereocenters. The van der Waals surface area contributed by atoms with Crippen LogP contribution >= 0.6 is 0 Å². The zero-order chi connectivity index (χ0) is 20.2. The van der Waals surface area contributed by atoms with Gasteiger partial charge in [-0.25, -0.2) is 9.97 Å². The lowest BCUT2D eigenvalue weighted by Gasteiger charge is -2.41.